The molecule has 0 radical (unpaired) electrons. The summed E-state index contributed by atoms with van der Waals surface area (Å²) in [6.07, 6.45) is 0.973. The zero-order chi connectivity index (χ0) is 26.1. The van der Waals surface area contributed by atoms with Crippen molar-refractivity contribution in [3.05, 3.63) is 93.8 Å². The van der Waals surface area contributed by atoms with E-state index in [9.17, 15) is 14.0 Å². The number of nitrogens with one attached hydrogen (secondary N) is 1. The Balaban J connectivity index is 1.64. The first kappa shape index (κ1) is 25.1. The summed E-state index contributed by atoms with van der Waals surface area (Å²) < 4.78 is 19.8. The minimum absolute atomic E-state index is 0.0680. The molecule has 3 aromatic rings. The lowest BCUT2D eigenvalue weighted by Gasteiger charge is -2.25. The topological polar surface area (TPSA) is 71.0 Å². The Hall–Kier alpha value is -3.55. The fourth-order valence-corrected chi connectivity index (χ4v) is 5.01. The van der Waals surface area contributed by atoms with E-state index in [4.69, 9.17) is 21.3 Å². The van der Waals surface area contributed by atoms with E-state index in [1.807, 2.05) is 37.3 Å². The van der Waals surface area contributed by atoms with Gasteiger partial charge in [-0.15, -0.1) is 0 Å². The Morgan fingerprint density at radius 3 is 2.62 bits per heavy atom. The first-order valence-corrected chi connectivity index (χ1v) is 12.6. The van der Waals surface area contributed by atoms with E-state index in [1.165, 1.54) is 12.1 Å². The van der Waals surface area contributed by atoms with E-state index in [0.29, 0.717) is 59.2 Å². The monoisotopic (exact) mass is 519 g/mol. The zero-order valence-electron chi connectivity index (χ0n) is 20.6. The quantitative estimate of drug-likeness (QED) is 0.427. The van der Waals surface area contributed by atoms with Gasteiger partial charge in [0.05, 0.1) is 17.3 Å². The fraction of sp³-hybridized carbons (Fsp3) is 0.276. The highest BCUT2D eigenvalue weighted by Crippen LogP contribution is 2.36. The van der Waals surface area contributed by atoms with Gasteiger partial charge in [0.15, 0.2) is 0 Å². The van der Waals surface area contributed by atoms with Crippen LogP contribution in [0.4, 0.5) is 15.8 Å². The van der Waals surface area contributed by atoms with E-state index in [-0.39, 0.29) is 17.7 Å². The average molecular weight is 520 g/mol. The number of methoxy groups -OCH3 is 1. The van der Waals surface area contributed by atoms with Gasteiger partial charge in [0, 0.05) is 48.5 Å². The molecule has 190 valence electrons. The van der Waals surface area contributed by atoms with E-state index in [0.717, 1.165) is 11.1 Å². The molecule has 5 rings (SSSR count). The van der Waals surface area contributed by atoms with Gasteiger partial charge in [-0.3, -0.25) is 14.6 Å². The maximum atomic E-state index is 14.6. The van der Waals surface area contributed by atoms with Gasteiger partial charge in [-0.2, -0.15) is 0 Å². The third-order valence-corrected chi connectivity index (χ3v) is 7.11. The zero-order valence-corrected chi connectivity index (χ0v) is 21.4. The molecule has 6 nitrogen and oxygen atoms in total. The van der Waals surface area contributed by atoms with Crippen molar-refractivity contribution in [1.82, 2.24) is 0 Å². The van der Waals surface area contributed by atoms with Crippen LogP contribution in [0, 0.1) is 5.82 Å². The molecule has 0 fully saturated rings. The van der Waals surface area contributed by atoms with Crippen molar-refractivity contribution in [3.63, 3.8) is 0 Å². The van der Waals surface area contributed by atoms with Crippen LogP contribution >= 0.6 is 11.6 Å². The van der Waals surface area contributed by atoms with E-state index in [1.54, 1.807) is 30.2 Å². The Kier molecular flexibility index (Phi) is 7.09. The van der Waals surface area contributed by atoms with Crippen LogP contribution in [0.1, 0.15) is 41.5 Å². The second kappa shape index (κ2) is 10.4. The van der Waals surface area contributed by atoms with Crippen LogP contribution in [-0.4, -0.2) is 43.8 Å². The van der Waals surface area contributed by atoms with Crippen molar-refractivity contribution in [3.8, 4) is 0 Å². The van der Waals surface area contributed by atoms with Crippen LogP contribution in [-0.2, 0) is 20.7 Å². The Labute approximate surface area is 220 Å². The highest BCUT2D eigenvalue weighted by Gasteiger charge is 2.33. The molecular weight excluding hydrogens is 493 g/mol. The predicted octanol–water partition coefficient (Wildman–Crippen LogP) is 5.37. The molecule has 2 aliphatic rings. The van der Waals surface area contributed by atoms with Gasteiger partial charge >= 0.3 is 0 Å². The first-order chi connectivity index (χ1) is 17.9. The first-order valence-electron chi connectivity index (χ1n) is 12.2. The van der Waals surface area contributed by atoms with Crippen molar-refractivity contribution < 1.29 is 18.7 Å². The van der Waals surface area contributed by atoms with E-state index < -0.39 is 11.9 Å². The number of carbonyl (C=O) groups is 2. The summed E-state index contributed by atoms with van der Waals surface area (Å²) in [6.45, 7) is 2.74. The molecule has 0 saturated heterocycles. The average Bonchev–Trinajstić information content (AvgIpc) is 3.12. The number of nitrogens with zero attached hydrogens (tertiary/aromatic N) is 2. The van der Waals surface area contributed by atoms with Crippen molar-refractivity contribution in [2.45, 2.75) is 31.7 Å². The molecule has 0 aromatic heterocycles. The minimum Gasteiger partial charge on any atom is -0.385 e. The van der Waals surface area contributed by atoms with Gasteiger partial charge in [-0.05, 0) is 60.9 Å². The van der Waals surface area contributed by atoms with Gasteiger partial charge in [0.2, 0.25) is 5.91 Å². The molecule has 3 aromatic carbocycles. The van der Waals surface area contributed by atoms with Crippen molar-refractivity contribution in [2.24, 2.45) is 4.99 Å². The van der Waals surface area contributed by atoms with Crippen molar-refractivity contribution >= 4 is 40.5 Å². The number of halogens is 2. The van der Waals surface area contributed by atoms with Crippen LogP contribution in [0.15, 0.2) is 65.7 Å². The maximum absolute atomic E-state index is 14.6. The SMILES string of the molecule is COCCCN1C(=O)C(Cc2ccc(Cl)cc2)N=C(c2ccc3c(c2)NC(=O)C3C)c2cc(F)ccc21. The Morgan fingerprint density at radius 1 is 1.08 bits per heavy atom. The second-order valence-corrected chi connectivity index (χ2v) is 9.77. The standard InChI is InChI=1S/C29H27ClFN3O3/c1-17-22-10-6-19(15-24(22)33-28(17)35)27-23-16-21(31)9-11-26(23)34(12-3-13-37-2)29(36)25(32-27)14-18-4-7-20(30)8-5-18/h4-11,15-17,25H,3,12-14H2,1-2H3,(H,33,35). The van der Waals surface area contributed by atoms with Gasteiger partial charge in [-0.25, -0.2) is 4.39 Å². The molecule has 0 spiro atoms. The summed E-state index contributed by atoms with van der Waals surface area (Å²) >= 11 is 6.07. The summed E-state index contributed by atoms with van der Waals surface area (Å²) in [4.78, 5) is 32.8. The third kappa shape index (κ3) is 5.02. The summed E-state index contributed by atoms with van der Waals surface area (Å²) in [7, 11) is 1.62. The number of carbonyl (C=O) groups excluding carboxylic acids is 2. The highest BCUT2D eigenvalue weighted by molar-refractivity contribution is 6.30. The lowest BCUT2D eigenvalue weighted by Crippen LogP contribution is -2.40. The van der Waals surface area contributed by atoms with Crippen LogP contribution in [0.5, 0.6) is 0 Å². The van der Waals surface area contributed by atoms with Crippen LogP contribution in [0.25, 0.3) is 0 Å². The van der Waals surface area contributed by atoms with Crippen LogP contribution in [0.3, 0.4) is 0 Å². The highest BCUT2D eigenvalue weighted by atomic mass is 35.5. The van der Waals surface area contributed by atoms with E-state index >= 15 is 0 Å². The number of hydrogen-bond acceptors (Lipinski definition) is 4. The van der Waals surface area contributed by atoms with Crippen LogP contribution in [0.2, 0.25) is 5.02 Å². The number of fused-ring (bicyclic) bond motifs is 2. The van der Waals surface area contributed by atoms with E-state index in [2.05, 4.69) is 5.32 Å². The molecule has 2 heterocycles. The molecule has 2 atom stereocenters. The summed E-state index contributed by atoms with van der Waals surface area (Å²) in [5.74, 6) is -0.908. The molecule has 2 amide bonds. The molecule has 1 N–H and O–H groups in total. The summed E-state index contributed by atoms with van der Waals surface area (Å²) in [5, 5.41) is 3.52. The number of anilines is 2. The van der Waals surface area contributed by atoms with Gasteiger partial charge in [-0.1, -0.05) is 35.9 Å². The van der Waals surface area contributed by atoms with Crippen LogP contribution < -0.4 is 10.2 Å². The number of amides is 2. The normalized spacial score (nSPS) is 18.7. The fourth-order valence-electron chi connectivity index (χ4n) is 4.89. The molecule has 8 heteroatoms. The van der Waals surface area contributed by atoms with Crippen molar-refractivity contribution in [1.29, 1.82) is 0 Å². The Morgan fingerprint density at radius 2 is 1.86 bits per heavy atom. The molecule has 2 unspecified atom stereocenters. The summed E-state index contributed by atoms with van der Waals surface area (Å²) in [5.41, 5.74) is 4.85. The second-order valence-electron chi connectivity index (χ2n) is 9.33. The number of benzodiazepines with no additional fused rings is 1. The predicted molar refractivity (Wildman–Crippen MR) is 143 cm³/mol. The van der Waals surface area contributed by atoms with Gasteiger partial charge < -0.3 is 15.0 Å². The third-order valence-electron chi connectivity index (χ3n) is 6.86. The lowest BCUT2D eigenvalue weighted by molar-refractivity contribution is -0.119. The van der Waals surface area contributed by atoms with Crippen molar-refractivity contribution in [2.75, 3.05) is 30.5 Å². The Bertz CT molecular complexity index is 1390. The largest absolute Gasteiger partial charge is 0.385 e. The number of benzene rings is 3. The summed E-state index contributed by atoms with van der Waals surface area (Å²) in [6, 6.07) is 16.6. The molecule has 0 aliphatic carbocycles. The maximum Gasteiger partial charge on any atom is 0.252 e. The molecular formula is C29H27ClFN3O3. The lowest BCUT2D eigenvalue weighted by atomic mass is 9.96. The molecule has 0 bridgehead atoms. The number of ether oxygens (including phenoxy) is 1. The number of rotatable bonds is 7. The number of aliphatic imine (C=N–C) groups is 1. The minimum atomic E-state index is -0.740. The number of hydrogen-bond donors (Lipinski definition) is 1. The van der Waals surface area contributed by atoms with Gasteiger partial charge in [0.1, 0.15) is 11.9 Å². The molecule has 0 saturated carbocycles. The molecule has 2 aliphatic heterocycles. The smallest absolute Gasteiger partial charge is 0.252 e. The molecule has 37 heavy (non-hydrogen) atoms. The van der Waals surface area contributed by atoms with Gasteiger partial charge in [0.25, 0.3) is 5.91 Å².